The number of anilines is 1. The average Bonchev–Trinajstić information content (AvgIpc) is 3.44. The minimum Gasteiger partial charge on any atom is -0.371 e. The highest BCUT2D eigenvalue weighted by Gasteiger charge is 2.43. The highest BCUT2D eigenvalue weighted by molar-refractivity contribution is 5.91. The van der Waals surface area contributed by atoms with Gasteiger partial charge in [-0.2, -0.15) is 4.98 Å². The van der Waals surface area contributed by atoms with Crippen LogP contribution in [-0.2, 0) is 10.3 Å². The number of hydrogen-bond acceptors (Lipinski definition) is 6. The zero-order valence-corrected chi connectivity index (χ0v) is 14.9. The smallest absolute Gasteiger partial charge is 0.259 e. The van der Waals surface area contributed by atoms with E-state index in [1.807, 2.05) is 12.3 Å². The Morgan fingerprint density at radius 3 is 2.73 bits per heavy atom. The lowest BCUT2D eigenvalue weighted by atomic mass is 9.90. The molecule has 0 atom stereocenters. The fraction of sp³-hybridized carbons (Fsp3) is 0.450. The Hall–Kier alpha value is -2.47. The van der Waals surface area contributed by atoms with Crippen LogP contribution >= 0.6 is 0 Å². The highest BCUT2D eigenvalue weighted by Crippen LogP contribution is 2.42. The number of fused-ring (bicyclic) bond motifs is 1. The van der Waals surface area contributed by atoms with E-state index >= 15 is 0 Å². The van der Waals surface area contributed by atoms with E-state index in [0.29, 0.717) is 11.8 Å². The van der Waals surface area contributed by atoms with Crippen LogP contribution in [0.2, 0.25) is 0 Å². The summed E-state index contributed by atoms with van der Waals surface area (Å²) in [7, 11) is 1.75. The van der Waals surface area contributed by atoms with Crippen molar-refractivity contribution in [2.45, 2.75) is 37.2 Å². The van der Waals surface area contributed by atoms with Crippen LogP contribution in [0.5, 0.6) is 0 Å². The maximum atomic E-state index is 5.91. The lowest BCUT2D eigenvalue weighted by Gasteiger charge is -2.39. The molecular weight excluding hydrogens is 328 g/mol. The molecule has 1 aliphatic heterocycles. The number of pyridine rings is 1. The number of hydrogen-bond donors (Lipinski definition) is 0. The Morgan fingerprint density at radius 1 is 1.15 bits per heavy atom. The molecule has 6 heteroatoms. The number of nitrogens with zero attached hydrogens (tertiary/aromatic N) is 4. The van der Waals surface area contributed by atoms with Gasteiger partial charge >= 0.3 is 0 Å². The molecule has 134 valence electrons. The van der Waals surface area contributed by atoms with Crippen molar-refractivity contribution < 1.29 is 9.26 Å². The number of piperidine rings is 1. The molecule has 0 unspecified atom stereocenters. The maximum Gasteiger partial charge on any atom is 0.259 e. The third kappa shape index (κ3) is 2.56. The fourth-order valence-electron chi connectivity index (χ4n) is 3.90. The summed E-state index contributed by atoms with van der Waals surface area (Å²) in [6, 6.07) is 10.4. The molecule has 0 N–H and O–H groups in total. The molecule has 0 amide bonds. The molecule has 1 saturated heterocycles. The monoisotopic (exact) mass is 350 g/mol. The van der Waals surface area contributed by atoms with Gasteiger partial charge in [0.15, 0.2) is 5.82 Å². The van der Waals surface area contributed by atoms with Crippen LogP contribution in [-0.4, -0.2) is 35.3 Å². The summed E-state index contributed by atoms with van der Waals surface area (Å²) in [6.45, 7) is 1.76. The van der Waals surface area contributed by atoms with Gasteiger partial charge in [0.25, 0.3) is 5.89 Å². The molecule has 0 bridgehead atoms. The predicted octanol–water partition coefficient (Wildman–Crippen LogP) is 3.64. The molecule has 0 spiro atoms. The van der Waals surface area contributed by atoms with Gasteiger partial charge in [0.1, 0.15) is 5.60 Å². The second kappa shape index (κ2) is 6.06. The van der Waals surface area contributed by atoms with Crippen molar-refractivity contribution in [3.63, 3.8) is 0 Å². The van der Waals surface area contributed by atoms with Crippen molar-refractivity contribution >= 4 is 16.6 Å². The summed E-state index contributed by atoms with van der Waals surface area (Å²) in [5, 5.41) is 5.37. The quantitative estimate of drug-likeness (QED) is 0.716. The summed E-state index contributed by atoms with van der Waals surface area (Å²) in [5.41, 5.74) is 1.78. The Kier molecular flexibility index (Phi) is 3.67. The minimum absolute atomic E-state index is 0.473. The SMILES string of the molecule is COC1(c2nc(C3CC3)no2)CCN(c2ccnc3ccccc23)CC1. The Bertz CT molecular complexity index is 921. The van der Waals surface area contributed by atoms with Gasteiger partial charge < -0.3 is 14.2 Å². The first-order chi connectivity index (χ1) is 12.8. The van der Waals surface area contributed by atoms with Crippen molar-refractivity contribution in [1.82, 2.24) is 15.1 Å². The van der Waals surface area contributed by atoms with E-state index < -0.39 is 5.60 Å². The predicted molar refractivity (Wildman–Crippen MR) is 98.2 cm³/mol. The number of methoxy groups -OCH3 is 1. The zero-order valence-electron chi connectivity index (χ0n) is 14.9. The van der Waals surface area contributed by atoms with Crippen LogP contribution in [0.3, 0.4) is 0 Å². The normalized spacial score (nSPS) is 19.8. The maximum absolute atomic E-state index is 5.91. The molecule has 1 saturated carbocycles. The number of ether oxygens (including phenoxy) is 1. The van der Waals surface area contributed by atoms with Crippen molar-refractivity contribution in [2.24, 2.45) is 0 Å². The molecule has 0 radical (unpaired) electrons. The molecule has 26 heavy (non-hydrogen) atoms. The van der Waals surface area contributed by atoms with E-state index in [4.69, 9.17) is 9.26 Å². The van der Waals surface area contributed by atoms with Crippen LogP contribution in [0.1, 0.15) is 43.3 Å². The first-order valence-corrected chi connectivity index (χ1v) is 9.27. The third-order valence-electron chi connectivity index (χ3n) is 5.70. The topological polar surface area (TPSA) is 64.3 Å². The molecule has 2 aliphatic rings. The Morgan fingerprint density at radius 2 is 1.96 bits per heavy atom. The largest absolute Gasteiger partial charge is 0.371 e. The first kappa shape index (κ1) is 15.8. The van der Waals surface area contributed by atoms with Gasteiger partial charge in [-0.15, -0.1) is 0 Å². The molecular formula is C20H22N4O2. The molecule has 3 aromatic rings. The van der Waals surface area contributed by atoms with E-state index in [9.17, 15) is 0 Å². The summed E-state index contributed by atoms with van der Waals surface area (Å²) in [6.07, 6.45) is 5.87. The van der Waals surface area contributed by atoms with Gasteiger partial charge in [-0.3, -0.25) is 4.98 Å². The Labute approximate surface area is 152 Å². The van der Waals surface area contributed by atoms with E-state index in [1.165, 1.54) is 23.9 Å². The summed E-state index contributed by atoms with van der Waals surface area (Å²) in [4.78, 5) is 11.5. The lowest BCUT2D eigenvalue weighted by Crippen LogP contribution is -2.44. The van der Waals surface area contributed by atoms with Crippen LogP contribution in [0.4, 0.5) is 5.69 Å². The molecule has 2 aromatic heterocycles. The van der Waals surface area contributed by atoms with E-state index in [2.05, 4.69) is 44.3 Å². The van der Waals surface area contributed by atoms with E-state index in [-0.39, 0.29) is 0 Å². The fourth-order valence-corrected chi connectivity index (χ4v) is 3.90. The van der Waals surface area contributed by atoms with Gasteiger partial charge in [-0.05, 0) is 25.0 Å². The number of rotatable bonds is 4. The molecule has 3 heterocycles. The van der Waals surface area contributed by atoms with Crippen LogP contribution in [0, 0.1) is 0 Å². The number of para-hydroxylation sites is 1. The van der Waals surface area contributed by atoms with Crippen LogP contribution in [0.25, 0.3) is 10.9 Å². The van der Waals surface area contributed by atoms with Crippen LogP contribution < -0.4 is 4.90 Å². The van der Waals surface area contributed by atoms with Gasteiger partial charge in [-0.25, -0.2) is 0 Å². The standard InChI is InChI=1S/C20H22N4O2/c1-25-20(19-22-18(23-26-19)14-6-7-14)9-12-24(13-10-20)17-8-11-21-16-5-3-2-4-15(16)17/h2-5,8,11,14H,6-7,9-10,12-13H2,1H3. The van der Waals surface area contributed by atoms with Gasteiger partial charge in [-0.1, -0.05) is 23.4 Å². The molecule has 6 nitrogen and oxygen atoms in total. The highest BCUT2D eigenvalue weighted by atomic mass is 16.5. The van der Waals surface area contributed by atoms with E-state index in [0.717, 1.165) is 37.3 Å². The van der Waals surface area contributed by atoms with Crippen molar-refractivity contribution in [3.05, 3.63) is 48.2 Å². The van der Waals surface area contributed by atoms with Crippen LogP contribution in [0.15, 0.2) is 41.1 Å². The van der Waals surface area contributed by atoms with Crippen molar-refractivity contribution in [2.75, 3.05) is 25.1 Å². The summed E-state index contributed by atoms with van der Waals surface area (Å²) in [5.74, 6) is 1.98. The molecule has 1 aromatic carbocycles. The Balaban J connectivity index is 1.40. The van der Waals surface area contributed by atoms with Crippen molar-refractivity contribution in [3.8, 4) is 0 Å². The second-order valence-corrected chi connectivity index (χ2v) is 7.26. The van der Waals surface area contributed by atoms with Gasteiger partial charge in [0.05, 0.1) is 5.52 Å². The summed E-state index contributed by atoms with van der Waals surface area (Å²) < 4.78 is 11.5. The third-order valence-corrected chi connectivity index (χ3v) is 5.70. The van der Waals surface area contributed by atoms with Gasteiger partial charge in [0.2, 0.25) is 0 Å². The average molecular weight is 350 g/mol. The molecule has 1 aliphatic carbocycles. The second-order valence-electron chi connectivity index (χ2n) is 7.26. The lowest BCUT2D eigenvalue weighted by molar-refractivity contribution is -0.0581. The number of benzene rings is 1. The summed E-state index contributed by atoms with van der Waals surface area (Å²) >= 11 is 0. The molecule has 2 fully saturated rings. The van der Waals surface area contributed by atoms with E-state index in [1.54, 1.807) is 7.11 Å². The first-order valence-electron chi connectivity index (χ1n) is 9.27. The molecule has 5 rings (SSSR count). The number of aromatic nitrogens is 3. The minimum atomic E-state index is -0.473. The van der Waals surface area contributed by atoms with Crippen molar-refractivity contribution in [1.29, 1.82) is 0 Å². The zero-order chi connectivity index (χ0) is 17.6. The van der Waals surface area contributed by atoms with Gasteiger partial charge in [0, 0.05) is 56.2 Å².